The van der Waals surface area contributed by atoms with Crippen LogP contribution >= 0.6 is 0 Å². The van der Waals surface area contributed by atoms with Crippen LogP contribution in [0.15, 0.2) is 24.3 Å². The van der Waals surface area contributed by atoms with Crippen molar-refractivity contribution < 1.29 is 5.11 Å². The molecule has 2 atom stereocenters. The van der Waals surface area contributed by atoms with Crippen molar-refractivity contribution in [2.75, 3.05) is 6.54 Å². The molecule has 0 aliphatic carbocycles. The van der Waals surface area contributed by atoms with Crippen LogP contribution in [-0.4, -0.2) is 17.7 Å². The van der Waals surface area contributed by atoms with E-state index in [1.165, 1.54) is 31.2 Å². The smallest absolute Gasteiger partial charge is 0.0942 e. The van der Waals surface area contributed by atoms with E-state index < -0.39 is 6.10 Å². The Morgan fingerprint density at radius 2 is 1.74 bits per heavy atom. The molecule has 0 radical (unpaired) electrons. The molecule has 0 amide bonds. The number of unbranched alkanes of at least 4 members (excludes halogenated alkanes) is 3. The van der Waals surface area contributed by atoms with Gasteiger partial charge in [-0.15, -0.1) is 0 Å². The van der Waals surface area contributed by atoms with Crippen LogP contribution in [0, 0.1) is 6.92 Å². The third kappa shape index (κ3) is 5.75. The lowest BCUT2D eigenvalue weighted by Crippen LogP contribution is -2.35. The highest BCUT2D eigenvalue weighted by atomic mass is 16.3. The van der Waals surface area contributed by atoms with Crippen molar-refractivity contribution in [2.24, 2.45) is 0 Å². The van der Waals surface area contributed by atoms with Crippen LogP contribution in [-0.2, 0) is 0 Å². The number of rotatable bonds is 9. The summed E-state index contributed by atoms with van der Waals surface area (Å²) in [4.78, 5) is 0. The van der Waals surface area contributed by atoms with Crippen LogP contribution in [0.5, 0.6) is 0 Å². The molecule has 0 bridgehead atoms. The van der Waals surface area contributed by atoms with E-state index in [1.807, 2.05) is 12.1 Å². The van der Waals surface area contributed by atoms with Gasteiger partial charge in [-0.25, -0.2) is 0 Å². The maximum atomic E-state index is 10.4. The van der Waals surface area contributed by atoms with E-state index in [9.17, 15) is 5.11 Å². The van der Waals surface area contributed by atoms with Crippen molar-refractivity contribution >= 4 is 0 Å². The van der Waals surface area contributed by atoms with Gasteiger partial charge in [-0.3, -0.25) is 0 Å². The average molecular weight is 263 g/mol. The Morgan fingerprint density at radius 1 is 1.05 bits per heavy atom. The molecule has 1 aromatic rings. The van der Waals surface area contributed by atoms with Crippen molar-refractivity contribution in [1.29, 1.82) is 0 Å². The molecule has 0 aromatic heterocycles. The molecule has 2 unspecified atom stereocenters. The Morgan fingerprint density at radius 3 is 2.32 bits per heavy atom. The zero-order chi connectivity index (χ0) is 14.1. The zero-order valence-corrected chi connectivity index (χ0v) is 12.7. The maximum Gasteiger partial charge on any atom is 0.0942 e. The zero-order valence-electron chi connectivity index (χ0n) is 12.7. The van der Waals surface area contributed by atoms with E-state index in [4.69, 9.17) is 0 Å². The second kappa shape index (κ2) is 9.11. The van der Waals surface area contributed by atoms with Crippen LogP contribution in [0.25, 0.3) is 0 Å². The number of aryl methyl sites for hydroxylation is 1. The quantitative estimate of drug-likeness (QED) is 0.661. The highest BCUT2D eigenvalue weighted by molar-refractivity contribution is 5.24. The number of nitrogens with one attached hydrogen (secondary N) is 1. The second-order valence-corrected chi connectivity index (χ2v) is 5.39. The summed E-state index contributed by atoms with van der Waals surface area (Å²) in [6.07, 6.45) is 5.59. The van der Waals surface area contributed by atoms with Gasteiger partial charge in [0.15, 0.2) is 0 Å². The first-order valence-electron chi connectivity index (χ1n) is 7.67. The summed E-state index contributed by atoms with van der Waals surface area (Å²) < 4.78 is 0. The lowest BCUT2D eigenvalue weighted by Gasteiger charge is -2.23. The molecule has 0 saturated heterocycles. The predicted molar refractivity (Wildman–Crippen MR) is 82.4 cm³/mol. The van der Waals surface area contributed by atoms with Crippen LogP contribution in [0.1, 0.15) is 63.2 Å². The third-order valence-electron chi connectivity index (χ3n) is 3.68. The molecule has 0 saturated carbocycles. The number of hydrogen-bond acceptors (Lipinski definition) is 2. The molecular weight excluding hydrogens is 234 g/mol. The minimum absolute atomic E-state index is 0.157. The molecule has 1 rings (SSSR count). The predicted octanol–water partition coefficient (Wildman–Crippen LogP) is 3.98. The van der Waals surface area contributed by atoms with Crippen LogP contribution in [0.2, 0.25) is 0 Å². The van der Waals surface area contributed by atoms with Gasteiger partial charge in [0, 0.05) is 6.04 Å². The highest BCUT2D eigenvalue weighted by Crippen LogP contribution is 2.19. The number of aliphatic hydroxyl groups is 1. The number of benzene rings is 1. The fourth-order valence-electron chi connectivity index (χ4n) is 2.31. The molecule has 19 heavy (non-hydrogen) atoms. The minimum atomic E-state index is -0.406. The summed E-state index contributed by atoms with van der Waals surface area (Å²) in [6, 6.07) is 8.34. The van der Waals surface area contributed by atoms with Gasteiger partial charge in [0.05, 0.1) is 6.10 Å². The molecule has 0 fully saturated rings. The van der Waals surface area contributed by atoms with E-state index in [0.717, 1.165) is 18.5 Å². The highest BCUT2D eigenvalue weighted by Gasteiger charge is 2.18. The van der Waals surface area contributed by atoms with Crippen LogP contribution in [0.3, 0.4) is 0 Å². The summed E-state index contributed by atoms with van der Waals surface area (Å²) in [6.45, 7) is 7.42. The minimum Gasteiger partial charge on any atom is -0.387 e. The van der Waals surface area contributed by atoms with Gasteiger partial charge in [0.1, 0.15) is 0 Å². The van der Waals surface area contributed by atoms with Crippen LogP contribution < -0.4 is 5.32 Å². The van der Waals surface area contributed by atoms with Crippen LogP contribution in [0.4, 0.5) is 0 Å². The molecule has 1 aromatic carbocycles. The van der Waals surface area contributed by atoms with Crippen molar-refractivity contribution in [2.45, 2.75) is 65.0 Å². The SMILES string of the molecule is CCCCCCNC(CC)C(O)c1ccc(C)cc1. The summed E-state index contributed by atoms with van der Waals surface area (Å²) in [5.74, 6) is 0. The van der Waals surface area contributed by atoms with Crippen molar-refractivity contribution in [3.8, 4) is 0 Å². The Hall–Kier alpha value is -0.860. The molecule has 0 heterocycles. The lowest BCUT2D eigenvalue weighted by molar-refractivity contribution is 0.126. The Bertz CT molecular complexity index is 334. The van der Waals surface area contributed by atoms with Crippen molar-refractivity contribution in [1.82, 2.24) is 5.32 Å². The van der Waals surface area contributed by atoms with E-state index in [2.05, 4.69) is 38.2 Å². The Labute approximate surface area is 118 Å². The first-order chi connectivity index (χ1) is 9.19. The first kappa shape index (κ1) is 16.2. The topological polar surface area (TPSA) is 32.3 Å². The maximum absolute atomic E-state index is 10.4. The molecule has 0 spiro atoms. The summed E-state index contributed by atoms with van der Waals surface area (Å²) in [5.41, 5.74) is 2.25. The normalized spacial score (nSPS) is 14.3. The van der Waals surface area contributed by atoms with Crippen molar-refractivity contribution in [3.05, 3.63) is 35.4 Å². The molecule has 0 aliphatic rings. The second-order valence-electron chi connectivity index (χ2n) is 5.39. The Balaban J connectivity index is 2.42. The standard InChI is InChI=1S/C17H29NO/c1-4-6-7-8-13-18-16(5-2)17(19)15-11-9-14(3)10-12-15/h9-12,16-19H,4-8,13H2,1-3H3. The van der Waals surface area contributed by atoms with Gasteiger partial charge >= 0.3 is 0 Å². The number of hydrogen-bond donors (Lipinski definition) is 2. The van der Waals surface area contributed by atoms with Gasteiger partial charge in [0.25, 0.3) is 0 Å². The van der Waals surface area contributed by atoms with Gasteiger partial charge in [-0.2, -0.15) is 0 Å². The van der Waals surface area contributed by atoms with Gasteiger partial charge < -0.3 is 10.4 Å². The molecule has 108 valence electrons. The lowest BCUT2D eigenvalue weighted by atomic mass is 9.99. The van der Waals surface area contributed by atoms with Gasteiger partial charge in [-0.1, -0.05) is 62.9 Å². The molecule has 2 N–H and O–H groups in total. The largest absolute Gasteiger partial charge is 0.387 e. The fourth-order valence-corrected chi connectivity index (χ4v) is 2.31. The van der Waals surface area contributed by atoms with E-state index in [0.29, 0.717) is 0 Å². The number of aliphatic hydroxyl groups excluding tert-OH is 1. The Kier molecular flexibility index (Phi) is 7.76. The molecule has 2 heteroatoms. The molecule has 2 nitrogen and oxygen atoms in total. The van der Waals surface area contributed by atoms with E-state index >= 15 is 0 Å². The van der Waals surface area contributed by atoms with Gasteiger partial charge in [-0.05, 0) is 31.9 Å². The average Bonchev–Trinajstić information content (AvgIpc) is 2.43. The fraction of sp³-hybridized carbons (Fsp3) is 0.647. The van der Waals surface area contributed by atoms with E-state index in [-0.39, 0.29) is 6.04 Å². The summed E-state index contributed by atoms with van der Waals surface area (Å²) in [5, 5.41) is 13.9. The summed E-state index contributed by atoms with van der Waals surface area (Å²) >= 11 is 0. The molecule has 0 aliphatic heterocycles. The third-order valence-corrected chi connectivity index (χ3v) is 3.68. The monoisotopic (exact) mass is 263 g/mol. The van der Waals surface area contributed by atoms with Gasteiger partial charge in [0.2, 0.25) is 0 Å². The van der Waals surface area contributed by atoms with E-state index in [1.54, 1.807) is 0 Å². The summed E-state index contributed by atoms with van der Waals surface area (Å²) in [7, 11) is 0. The molecular formula is C17H29NO. The first-order valence-corrected chi connectivity index (χ1v) is 7.67. The van der Waals surface area contributed by atoms with Crippen molar-refractivity contribution in [3.63, 3.8) is 0 Å².